The maximum atomic E-state index is 13.2. The highest BCUT2D eigenvalue weighted by atomic mass is 35.5. The largest absolute Gasteiger partial charge is 0.351 e. The molecule has 2 N–H and O–H groups in total. The summed E-state index contributed by atoms with van der Waals surface area (Å²) < 4.78 is 0. The molecule has 0 radical (unpaired) electrons. The van der Waals surface area contributed by atoms with Crippen LogP contribution in [0.2, 0.25) is 5.02 Å². The third-order valence-corrected chi connectivity index (χ3v) is 6.69. The van der Waals surface area contributed by atoms with Gasteiger partial charge >= 0.3 is 0 Å². The van der Waals surface area contributed by atoms with Crippen molar-refractivity contribution in [2.45, 2.75) is 57.9 Å². The predicted molar refractivity (Wildman–Crippen MR) is 138 cm³/mol. The molecule has 0 aliphatic carbocycles. The molecule has 2 heterocycles. The van der Waals surface area contributed by atoms with Gasteiger partial charge < -0.3 is 10.6 Å². The number of amides is 1. The van der Waals surface area contributed by atoms with Crippen molar-refractivity contribution in [3.05, 3.63) is 100 Å². The molecule has 1 aliphatic rings. The van der Waals surface area contributed by atoms with Crippen molar-refractivity contribution in [2.75, 3.05) is 6.54 Å². The van der Waals surface area contributed by atoms with Gasteiger partial charge in [-0.3, -0.25) is 14.7 Å². The summed E-state index contributed by atoms with van der Waals surface area (Å²) in [4.78, 5) is 19.6. The standard InChI is InChI=1S/C28H33ClN4O/c1-20(2)24-9-5-21(6-10-24)16-31-26-14-27(28(34)32-17-23-4-3-13-30-15-23)33(19-26)18-22-7-11-25(29)12-8-22/h3-13,15,20,26-27,31H,14,16-19H2,1-2H3,(H,32,34)/t26-,27-/m0/s1. The first-order valence-corrected chi connectivity index (χ1v) is 12.3. The third-order valence-electron chi connectivity index (χ3n) is 6.44. The minimum atomic E-state index is -0.187. The molecule has 0 saturated carbocycles. The van der Waals surface area contributed by atoms with Gasteiger partial charge in [0.1, 0.15) is 0 Å². The molecule has 0 spiro atoms. The number of carbonyl (C=O) groups excluding carboxylic acids is 1. The predicted octanol–water partition coefficient (Wildman–Crippen LogP) is 4.91. The van der Waals surface area contributed by atoms with Crippen LogP contribution >= 0.6 is 11.6 Å². The van der Waals surface area contributed by atoms with Crippen molar-refractivity contribution in [3.63, 3.8) is 0 Å². The quantitative estimate of drug-likeness (QED) is 0.461. The molecule has 0 unspecified atom stereocenters. The lowest BCUT2D eigenvalue weighted by atomic mass is 10.0. The number of aromatic nitrogens is 1. The van der Waals surface area contributed by atoms with E-state index in [0.717, 1.165) is 35.7 Å². The number of benzene rings is 2. The number of carbonyl (C=O) groups is 1. The molecule has 1 amide bonds. The van der Waals surface area contributed by atoms with E-state index >= 15 is 0 Å². The van der Waals surface area contributed by atoms with E-state index in [2.05, 4.69) is 58.6 Å². The molecule has 1 fully saturated rings. The van der Waals surface area contributed by atoms with Crippen molar-refractivity contribution >= 4 is 17.5 Å². The zero-order valence-corrected chi connectivity index (χ0v) is 20.6. The van der Waals surface area contributed by atoms with Crippen LogP contribution in [0.25, 0.3) is 0 Å². The van der Waals surface area contributed by atoms with Gasteiger partial charge in [0.05, 0.1) is 6.04 Å². The van der Waals surface area contributed by atoms with Crippen molar-refractivity contribution in [1.82, 2.24) is 20.5 Å². The lowest BCUT2D eigenvalue weighted by molar-refractivity contribution is -0.125. The Morgan fingerprint density at radius 2 is 1.76 bits per heavy atom. The number of halogens is 1. The van der Waals surface area contributed by atoms with Gasteiger partial charge in [-0.25, -0.2) is 0 Å². The molecule has 2 atom stereocenters. The maximum absolute atomic E-state index is 13.2. The number of nitrogens with zero attached hydrogens (tertiary/aromatic N) is 2. The SMILES string of the molecule is CC(C)c1ccc(CN[C@H]2C[C@@H](C(=O)NCc3cccnc3)N(Cc3ccc(Cl)cc3)C2)cc1. The Kier molecular flexibility index (Phi) is 8.33. The average molecular weight is 477 g/mol. The molecule has 2 aromatic carbocycles. The minimum Gasteiger partial charge on any atom is -0.351 e. The van der Waals surface area contributed by atoms with Gasteiger partial charge in [0.25, 0.3) is 0 Å². The van der Waals surface area contributed by atoms with Gasteiger partial charge in [-0.05, 0) is 52.8 Å². The average Bonchev–Trinajstić information content (AvgIpc) is 3.26. The van der Waals surface area contributed by atoms with Crippen molar-refractivity contribution < 1.29 is 4.79 Å². The fourth-order valence-corrected chi connectivity index (χ4v) is 4.54. The fraction of sp³-hybridized carbons (Fsp3) is 0.357. The number of likely N-dealkylation sites (tertiary alicyclic amines) is 1. The second kappa shape index (κ2) is 11.6. The lowest BCUT2D eigenvalue weighted by Crippen LogP contribution is -2.42. The van der Waals surface area contributed by atoms with Gasteiger partial charge in [0, 0.05) is 49.6 Å². The second-order valence-electron chi connectivity index (χ2n) is 9.36. The van der Waals surface area contributed by atoms with Gasteiger partial charge in [0.15, 0.2) is 0 Å². The van der Waals surface area contributed by atoms with Gasteiger partial charge in [0.2, 0.25) is 5.91 Å². The number of hydrogen-bond acceptors (Lipinski definition) is 4. The molecular weight excluding hydrogens is 444 g/mol. The molecule has 1 aliphatic heterocycles. The Balaban J connectivity index is 1.39. The summed E-state index contributed by atoms with van der Waals surface area (Å²) in [6.45, 7) is 7.22. The highest BCUT2D eigenvalue weighted by molar-refractivity contribution is 6.30. The summed E-state index contributed by atoms with van der Waals surface area (Å²) >= 11 is 6.06. The summed E-state index contributed by atoms with van der Waals surface area (Å²) in [6.07, 6.45) is 4.30. The van der Waals surface area contributed by atoms with E-state index in [1.807, 2.05) is 36.4 Å². The first kappa shape index (κ1) is 24.4. The van der Waals surface area contributed by atoms with Crippen LogP contribution in [0.4, 0.5) is 0 Å². The molecule has 34 heavy (non-hydrogen) atoms. The van der Waals surface area contributed by atoms with Crippen molar-refractivity contribution in [1.29, 1.82) is 0 Å². The molecule has 178 valence electrons. The van der Waals surface area contributed by atoms with Crippen LogP contribution in [0.1, 0.15) is 48.4 Å². The zero-order chi connectivity index (χ0) is 23.9. The smallest absolute Gasteiger partial charge is 0.237 e. The van der Waals surface area contributed by atoms with Crippen LogP contribution in [0.3, 0.4) is 0 Å². The second-order valence-corrected chi connectivity index (χ2v) is 9.80. The Hall–Kier alpha value is -2.73. The van der Waals surface area contributed by atoms with Gasteiger partial charge in [-0.1, -0.05) is 67.9 Å². The van der Waals surface area contributed by atoms with E-state index in [-0.39, 0.29) is 18.0 Å². The number of rotatable bonds is 9. The zero-order valence-electron chi connectivity index (χ0n) is 19.9. The Morgan fingerprint density at radius 1 is 1.03 bits per heavy atom. The van der Waals surface area contributed by atoms with Crippen LogP contribution < -0.4 is 10.6 Å². The highest BCUT2D eigenvalue weighted by Crippen LogP contribution is 2.23. The van der Waals surface area contributed by atoms with Gasteiger partial charge in [-0.2, -0.15) is 0 Å². The Morgan fingerprint density at radius 3 is 2.44 bits per heavy atom. The van der Waals surface area contributed by atoms with E-state index in [4.69, 9.17) is 11.6 Å². The summed E-state index contributed by atoms with van der Waals surface area (Å²) in [5.74, 6) is 0.590. The number of pyridine rings is 1. The molecule has 6 heteroatoms. The topological polar surface area (TPSA) is 57.3 Å². The van der Waals surface area contributed by atoms with Crippen LogP contribution in [0, 0.1) is 0 Å². The molecular formula is C28H33ClN4O. The summed E-state index contributed by atoms with van der Waals surface area (Å²) in [7, 11) is 0. The van der Waals surface area contributed by atoms with E-state index in [9.17, 15) is 4.79 Å². The van der Waals surface area contributed by atoms with Crippen molar-refractivity contribution in [3.8, 4) is 0 Å². The van der Waals surface area contributed by atoms with Crippen molar-refractivity contribution in [2.24, 2.45) is 0 Å². The fourth-order valence-electron chi connectivity index (χ4n) is 4.42. The minimum absolute atomic E-state index is 0.0587. The first-order chi connectivity index (χ1) is 16.5. The van der Waals surface area contributed by atoms with Gasteiger partial charge in [-0.15, -0.1) is 0 Å². The van der Waals surface area contributed by atoms with Crippen LogP contribution in [-0.4, -0.2) is 34.4 Å². The van der Waals surface area contributed by atoms with E-state index < -0.39 is 0 Å². The molecule has 5 nitrogen and oxygen atoms in total. The monoisotopic (exact) mass is 476 g/mol. The summed E-state index contributed by atoms with van der Waals surface area (Å²) in [6, 6.07) is 20.6. The molecule has 0 bridgehead atoms. The maximum Gasteiger partial charge on any atom is 0.237 e. The summed E-state index contributed by atoms with van der Waals surface area (Å²) in [5, 5.41) is 7.51. The van der Waals surface area contributed by atoms with Crippen LogP contribution in [0.5, 0.6) is 0 Å². The summed E-state index contributed by atoms with van der Waals surface area (Å²) in [5.41, 5.74) is 4.76. The number of nitrogens with one attached hydrogen (secondary N) is 2. The third kappa shape index (κ3) is 6.66. The first-order valence-electron chi connectivity index (χ1n) is 12.0. The van der Waals surface area contributed by atoms with E-state index in [0.29, 0.717) is 19.0 Å². The lowest BCUT2D eigenvalue weighted by Gasteiger charge is -2.23. The Bertz CT molecular complexity index is 1050. The normalized spacial score (nSPS) is 18.4. The Labute approximate surface area is 207 Å². The molecule has 4 rings (SSSR count). The highest BCUT2D eigenvalue weighted by Gasteiger charge is 2.36. The van der Waals surface area contributed by atoms with E-state index in [1.54, 1.807) is 12.4 Å². The molecule has 1 saturated heterocycles. The van der Waals surface area contributed by atoms with E-state index in [1.165, 1.54) is 11.1 Å². The molecule has 1 aromatic heterocycles. The van der Waals surface area contributed by atoms with Crippen LogP contribution in [0.15, 0.2) is 73.1 Å². The molecule has 3 aromatic rings. The van der Waals surface area contributed by atoms with Crippen LogP contribution in [-0.2, 0) is 24.4 Å². The number of hydrogen-bond donors (Lipinski definition) is 2.